The molecule has 4 rings (SSSR count). The van der Waals surface area contributed by atoms with Crippen LogP contribution in [0.3, 0.4) is 0 Å². The molecule has 3 aromatic rings. The number of aromatic nitrogens is 2. The molecule has 0 aliphatic heterocycles. The minimum atomic E-state index is -3.64. The van der Waals surface area contributed by atoms with Gasteiger partial charge in [-0.15, -0.1) is 0 Å². The number of rotatable bonds is 5. The molecule has 0 saturated heterocycles. The van der Waals surface area contributed by atoms with E-state index in [4.69, 9.17) is 4.52 Å². The van der Waals surface area contributed by atoms with Crippen LogP contribution in [0.5, 0.6) is 0 Å². The normalized spacial score (nSPS) is 19.5. The lowest BCUT2D eigenvalue weighted by atomic mass is 10.2. The molecule has 1 saturated carbocycles. The predicted molar refractivity (Wildman–Crippen MR) is 87.6 cm³/mol. The predicted octanol–water partition coefficient (Wildman–Crippen LogP) is 2.85. The highest BCUT2D eigenvalue weighted by Gasteiger charge is 2.45. The quantitative estimate of drug-likeness (QED) is 0.739. The van der Waals surface area contributed by atoms with Crippen LogP contribution in [-0.2, 0) is 10.0 Å². The van der Waals surface area contributed by atoms with Gasteiger partial charge in [0.05, 0.1) is 16.4 Å². The molecule has 0 unspecified atom stereocenters. The second-order valence-corrected chi connectivity index (χ2v) is 7.68. The van der Waals surface area contributed by atoms with Gasteiger partial charge >= 0.3 is 0 Å². The van der Waals surface area contributed by atoms with Crippen molar-refractivity contribution in [3.05, 3.63) is 66.1 Å². The molecule has 0 radical (unpaired) electrons. The van der Waals surface area contributed by atoms with E-state index < -0.39 is 21.7 Å². The number of hydrogen-bond acceptors (Lipinski definition) is 5. The smallest absolute Gasteiger partial charge is 0.240 e. The van der Waals surface area contributed by atoms with E-state index in [1.807, 2.05) is 0 Å². The molecule has 1 aromatic heterocycles. The van der Waals surface area contributed by atoms with E-state index in [2.05, 4.69) is 14.9 Å². The fourth-order valence-corrected chi connectivity index (χ4v) is 3.94. The largest absolute Gasteiger partial charge is 0.339 e. The minimum Gasteiger partial charge on any atom is -0.339 e. The highest BCUT2D eigenvalue weighted by Crippen LogP contribution is 2.41. The van der Waals surface area contributed by atoms with Crippen molar-refractivity contribution in [2.75, 3.05) is 0 Å². The summed E-state index contributed by atoms with van der Waals surface area (Å²) in [6.45, 7) is 0. The van der Waals surface area contributed by atoms with Crippen LogP contribution < -0.4 is 4.72 Å². The Morgan fingerprint density at radius 1 is 1.12 bits per heavy atom. The van der Waals surface area contributed by atoms with Crippen molar-refractivity contribution in [2.45, 2.75) is 23.3 Å². The summed E-state index contributed by atoms with van der Waals surface area (Å²) in [6.07, 6.45) is 0.500. The summed E-state index contributed by atoms with van der Waals surface area (Å²) in [6, 6.07) is 10.7. The molecule has 0 bridgehead atoms. The first-order valence-corrected chi connectivity index (χ1v) is 9.29. The van der Waals surface area contributed by atoms with Gasteiger partial charge in [-0.1, -0.05) is 23.4 Å². The summed E-state index contributed by atoms with van der Waals surface area (Å²) in [5.41, 5.74) is 0.0171. The third-order valence-electron chi connectivity index (χ3n) is 4.08. The Morgan fingerprint density at radius 2 is 1.88 bits per heavy atom. The number of hydrogen-bond donors (Lipinski definition) is 1. The van der Waals surface area contributed by atoms with Gasteiger partial charge in [-0.25, -0.2) is 21.9 Å². The van der Waals surface area contributed by atoms with Gasteiger partial charge in [-0.3, -0.25) is 0 Å². The Kier molecular flexibility index (Phi) is 4.04. The van der Waals surface area contributed by atoms with E-state index in [-0.39, 0.29) is 34.1 Å². The minimum absolute atomic E-state index is 0.00549. The molecule has 26 heavy (non-hydrogen) atoms. The van der Waals surface area contributed by atoms with Crippen molar-refractivity contribution in [2.24, 2.45) is 0 Å². The number of sulfonamides is 1. The number of halogens is 2. The van der Waals surface area contributed by atoms with Crippen molar-refractivity contribution < 1.29 is 21.7 Å². The monoisotopic (exact) mass is 377 g/mol. The Balaban J connectivity index is 1.49. The van der Waals surface area contributed by atoms with Crippen LogP contribution in [0.15, 0.2) is 57.9 Å². The Bertz CT molecular complexity index is 1050. The summed E-state index contributed by atoms with van der Waals surface area (Å²) in [5, 5.41) is 3.70. The van der Waals surface area contributed by atoms with E-state index in [0.29, 0.717) is 6.42 Å². The van der Waals surface area contributed by atoms with Gasteiger partial charge in [-0.2, -0.15) is 4.98 Å². The van der Waals surface area contributed by atoms with E-state index in [0.717, 1.165) is 12.1 Å². The summed E-state index contributed by atoms with van der Waals surface area (Å²) in [7, 11) is -3.64. The molecule has 2 aromatic carbocycles. The van der Waals surface area contributed by atoms with Gasteiger partial charge in [0.25, 0.3) is 0 Å². The second-order valence-electron chi connectivity index (χ2n) is 5.96. The molecule has 9 heteroatoms. The van der Waals surface area contributed by atoms with E-state index in [9.17, 15) is 17.2 Å². The standard InChI is InChI=1S/C17H13F2N3O3S/c18-10-6-7-12(14(19)8-10)16-20-17(25-21-16)13-9-15(13)22-26(23,24)11-4-2-1-3-5-11/h1-8,13,15,22H,9H2/t13-,15-/m1/s1. The molecule has 1 N–H and O–H groups in total. The van der Waals surface area contributed by atoms with Crippen molar-refractivity contribution >= 4 is 10.0 Å². The number of benzene rings is 2. The van der Waals surface area contributed by atoms with Crippen LogP contribution in [0.25, 0.3) is 11.4 Å². The summed E-state index contributed by atoms with van der Waals surface area (Å²) < 4.78 is 59.1. The lowest BCUT2D eigenvalue weighted by Crippen LogP contribution is -2.26. The third-order valence-corrected chi connectivity index (χ3v) is 5.59. The number of nitrogens with one attached hydrogen (secondary N) is 1. The fourth-order valence-electron chi connectivity index (χ4n) is 2.63. The van der Waals surface area contributed by atoms with Gasteiger partial charge in [0, 0.05) is 12.1 Å². The zero-order valence-electron chi connectivity index (χ0n) is 13.3. The molecular weight excluding hydrogens is 364 g/mol. The maximum atomic E-state index is 13.8. The lowest BCUT2D eigenvalue weighted by molar-refractivity contribution is 0.377. The summed E-state index contributed by atoms with van der Waals surface area (Å²) >= 11 is 0. The molecule has 0 spiro atoms. The lowest BCUT2D eigenvalue weighted by Gasteiger charge is -2.05. The van der Waals surface area contributed by atoms with Crippen LogP contribution in [0, 0.1) is 11.6 Å². The maximum Gasteiger partial charge on any atom is 0.240 e. The topological polar surface area (TPSA) is 85.1 Å². The van der Waals surface area contributed by atoms with Gasteiger partial charge < -0.3 is 4.52 Å². The Labute approximate surface area is 147 Å². The number of nitrogens with zero attached hydrogens (tertiary/aromatic N) is 2. The summed E-state index contributed by atoms with van der Waals surface area (Å²) in [4.78, 5) is 4.28. The second kappa shape index (κ2) is 6.26. The van der Waals surface area contributed by atoms with E-state index >= 15 is 0 Å². The van der Waals surface area contributed by atoms with Crippen LogP contribution in [-0.4, -0.2) is 24.6 Å². The summed E-state index contributed by atoms with van der Waals surface area (Å²) in [5.74, 6) is -1.57. The van der Waals surface area contributed by atoms with Crippen molar-refractivity contribution in [1.82, 2.24) is 14.9 Å². The van der Waals surface area contributed by atoms with Crippen molar-refractivity contribution in [3.8, 4) is 11.4 Å². The van der Waals surface area contributed by atoms with Gasteiger partial charge in [0.15, 0.2) is 0 Å². The van der Waals surface area contributed by atoms with Crippen LogP contribution >= 0.6 is 0 Å². The first kappa shape index (κ1) is 16.8. The molecule has 1 fully saturated rings. The Morgan fingerprint density at radius 3 is 2.62 bits per heavy atom. The van der Waals surface area contributed by atoms with Crippen molar-refractivity contribution in [3.63, 3.8) is 0 Å². The average Bonchev–Trinajstić information content (AvgIpc) is 3.18. The highest BCUT2D eigenvalue weighted by atomic mass is 32.2. The van der Waals surface area contributed by atoms with Crippen molar-refractivity contribution in [1.29, 1.82) is 0 Å². The first-order chi connectivity index (χ1) is 12.4. The third kappa shape index (κ3) is 3.23. The van der Waals surface area contributed by atoms with Gasteiger partial charge in [0.2, 0.25) is 21.7 Å². The highest BCUT2D eigenvalue weighted by molar-refractivity contribution is 7.89. The zero-order valence-corrected chi connectivity index (χ0v) is 14.1. The maximum absolute atomic E-state index is 13.8. The van der Waals surface area contributed by atoms with Crippen LogP contribution in [0.2, 0.25) is 0 Å². The molecular formula is C17H13F2N3O3S. The van der Waals surface area contributed by atoms with E-state index in [1.165, 1.54) is 18.2 Å². The molecule has 0 amide bonds. The zero-order chi connectivity index (χ0) is 18.3. The first-order valence-electron chi connectivity index (χ1n) is 7.80. The molecule has 134 valence electrons. The SMILES string of the molecule is O=S(=O)(N[C@@H]1C[C@H]1c1nc(-c2ccc(F)cc2F)no1)c1ccccc1. The van der Waals surface area contributed by atoms with Crippen LogP contribution in [0.1, 0.15) is 18.2 Å². The van der Waals surface area contributed by atoms with Crippen LogP contribution in [0.4, 0.5) is 8.78 Å². The fraction of sp³-hybridized carbons (Fsp3) is 0.176. The molecule has 2 atom stereocenters. The van der Waals surface area contributed by atoms with E-state index in [1.54, 1.807) is 18.2 Å². The Hall–Kier alpha value is -2.65. The molecule has 6 nitrogen and oxygen atoms in total. The van der Waals surface area contributed by atoms with Gasteiger partial charge in [0.1, 0.15) is 11.6 Å². The average molecular weight is 377 g/mol. The molecule has 1 aliphatic carbocycles. The molecule has 1 heterocycles. The van der Waals surface area contributed by atoms with Gasteiger partial charge in [-0.05, 0) is 30.7 Å². The molecule has 1 aliphatic rings.